The monoisotopic (exact) mass is 528 g/mol. The first kappa shape index (κ1) is 28.9. The molecule has 2 nitrogen and oxygen atoms in total. The zero-order valence-electron chi connectivity index (χ0n) is 26.0. The van der Waals surface area contributed by atoms with Gasteiger partial charge in [0, 0.05) is 0 Å². The van der Waals surface area contributed by atoms with E-state index in [0.717, 1.165) is 23.7 Å². The summed E-state index contributed by atoms with van der Waals surface area (Å²) in [5.74, 6) is 4.70. The fourth-order valence-electron chi connectivity index (χ4n) is 7.17. The van der Waals surface area contributed by atoms with Crippen molar-refractivity contribution in [3.63, 3.8) is 0 Å². The summed E-state index contributed by atoms with van der Waals surface area (Å²) >= 11 is 0. The van der Waals surface area contributed by atoms with Crippen molar-refractivity contribution in [2.24, 2.45) is 0 Å². The van der Waals surface area contributed by atoms with Crippen molar-refractivity contribution in [1.82, 2.24) is 9.80 Å². The fraction of sp³-hybridized carbons (Fsp3) is 0.676. The highest BCUT2D eigenvalue weighted by Gasteiger charge is 2.29. The van der Waals surface area contributed by atoms with Crippen LogP contribution in [0.5, 0.6) is 0 Å². The van der Waals surface area contributed by atoms with Crippen LogP contribution in [0.25, 0.3) is 0 Å². The smallest absolute Gasteiger partial charge is 0.00130 e. The van der Waals surface area contributed by atoms with Gasteiger partial charge in [-0.2, -0.15) is 0 Å². The summed E-state index contributed by atoms with van der Waals surface area (Å²) < 4.78 is 0. The molecule has 0 bridgehead atoms. The molecule has 6 rings (SSSR count). The molecule has 0 unspecified atom stereocenters. The van der Waals surface area contributed by atoms with Crippen molar-refractivity contribution in [2.45, 2.75) is 121 Å². The Morgan fingerprint density at radius 1 is 0.590 bits per heavy atom. The number of hydrogen-bond acceptors (Lipinski definition) is 2. The van der Waals surface area contributed by atoms with E-state index in [1.165, 1.54) is 84.1 Å². The third-order valence-corrected chi connectivity index (χ3v) is 10.2. The van der Waals surface area contributed by atoms with E-state index in [1.807, 2.05) is 0 Å². The lowest BCUT2D eigenvalue weighted by Crippen LogP contribution is -2.32. The van der Waals surface area contributed by atoms with Crippen LogP contribution in [0.1, 0.15) is 155 Å². The molecule has 2 aliphatic heterocycles. The van der Waals surface area contributed by atoms with Gasteiger partial charge in [-0.25, -0.2) is 0 Å². The van der Waals surface area contributed by atoms with Gasteiger partial charge in [-0.3, -0.25) is 0 Å². The third-order valence-electron chi connectivity index (χ3n) is 10.2. The van der Waals surface area contributed by atoms with Crippen molar-refractivity contribution in [2.75, 3.05) is 39.8 Å². The maximum Gasteiger partial charge on any atom is -0.00130 e. The van der Waals surface area contributed by atoms with Gasteiger partial charge in [0.25, 0.3) is 0 Å². The largest absolute Gasteiger partial charge is 0.306 e. The van der Waals surface area contributed by atoms with Gasteiger partial charge in [0.15, 0.2) is 0 Å². The first-order valence-corrected chi connectivity index (χ1v) is 16.5. The summed E-state index contributed by atoms with van der Waals surface area (Å²) in [7, 11) is 2.24. The minimum absolute atomic E-state index is 0.668. The topological polar surface area (TPSA) is 6.48 Å². The molecule has 0 radical (unpaired) electrons. The van der Waals surface area contributed by atoms with Crippen molar-refractivity contribution in [3.05, 3.63) is 69.8 Å². The number of hydrogen-bond donors (Lipinski definition) is 0. The SMILES string of the molecule is CC(C)c1ccc(C2CCN(C)CC2)cc1C1CC1.CCN1CCC(c2ccc(C(C)C)c(C3CC3)c2)CC1. The summed E-state index contributed by atoms with van der Waals surface area (Å²) in [5.41, 5.74) is 9.77. The molecule has 0 atom stereocenters. The minimum Gasteiger partial charge on any atom is -0.306 e. The van der Waals surface area contributed by atoms with Crippen LogP contribution < -0.4 is 0 Å². The summed E-state index contributed by atoms with van der Waals surface area (Å²) in [6, 6.07) is 14.8. The molecule has 0 aromatic heterocycles. The molecule has 2 heteroatoms. The first-order chi connectivity index (χ1) is 18.8. The molecule has 39 heavy (non-hydrogen) atoms. The number of benzene rings is 2. The molecule has 2 heterocycles. The van der Waals surface area contributed by atoms with Crippen LogP contribution in [0.2, 0.25) is 0 Å². The van der Waals surface area contributed by atoms with E-state index in [2.05, 4.69) is 87.9 Å². The van der Waals surface area contributed by atoms with Gasteiger partial charge in [0.1, 0.15) is 0 Å². The molecule has 2 aliphatic carbocycles. The molecule has 2 aromatic carbocycles. The lowest BCUT2D eigenvalue weighted by atomic mass is 9.85. The van der Waals surface area contributed by atoms with E-state index in [9.17, 15) is 0 Å². The second kappa shape index (κ2) is 12.9. The quantitative estimate of drug-likeness (QED) is 0.353. The maximum atomic E-state index is 2.58. The molecule has 214 valence electrons. The molecule has 2 saturated heterocycles. The Hall–Kier alpha value is -1.64. The molecule has 2 saturated carbocycles. The lowest BCUT2D eigenvalue weighted by Gasteiger charge is -2.31. The Bertz CT molecular complexity index is 1060. The zero-order chi connectivity index (χ0) is 27.5. The van der Waals surface area contributed by atoms with Crippen LogP contribution >= 0.6 is 0 Å². The fourth-order valence-corrected chi connectivity index (χ4v) is 7.17. The van der Waals surface area contributed by atoms with Gasteiger partial charge in [0.05, 0.1) is 0 Å². The summed E-state index contributed by atoms with van der Waals surface area (Å²) in [5, 5.41) is 0. The molecule has 0 N–H and O–H groups in total. The van der Waals surface area contributed by atoms with Gasteiger partial charge in [-0.05, 0) is 160 Å². The molecular weight excluding hydrogens is 472 g/mol. The highest BCUT2D eigenvalue weighted by atomic mass is 15.1. The van der Waals surface area contributed by atoms with Crippen LogP contribution in [0, 0.1) is 0 Å². The number of nitrogens with zero attached hydrogens (tertiary/aromatic N) is 2. The average molecular weight is 529 g/mol. The molecule has 2 aromatic rings. The number of rotatable bonds is 7. The first-order valence-electron chi connectivity index (χ1n) is 16.5. The summed E-state index contributed by atoms with van der Waals surface area (Å²) in [6.45, 7) is 17.9. The van der Waals surface area contributed by atoms with Crippen molar-refractivity contribution in [3.8, 4) is 0 Å². The van der Waals surface area contributed by atoms with E-state index in [-0.39, 0.29) is 0 Å². The van der Waals surface area contributed by atoms with Crippen LogP contribution in [-0.4, -0.2) is 49.6 Å². The predicted octanol–water partition coefficient (Wildman–Crippen LogP) is 9.38. The number of likely N-dealkylation sites (tertiary alicyclic amines) is 2. The Morgan fingerprint density at radius 3 is 1.36 bits per heavy atom. The van der Waals surface area contributed by atoms with Gasteiger partial charge >= 0.3 is 0 Å². The molecule has 4 aliphatic rings. The van der Waals surface area contributed by atoms with E-state index in [0.29, 0.717) is 11.8 Å². The molecule has 0 amide bonds. The zero-order valence-corrected chi connectivity index (χ0v) is 26.0. The van der Waals surface area contributed by atoms with E-state index in [1.54, 1.807) is 33.4 Å². The van der Waals surface area contributed by atoms with Crippen LogP contribution in [-0.2, 0) is 0 Å². The van der Waals surface area contributed by atoms with Gasteiger partial charge in [0.2, 0.25) is 0 Å². The van der Waals surface area contributed by atoms with Crippen molar-refractivity contribution < 1.29 is 0 Å². The van der Waals surface area contributed by atoms with Crippen LogP contribution in [0.4, 0.5) is 0 Å². The second-order valence-corrected chi connectivity index (χ2v) is 13.9. The predicted molar refractivity (Wildman–Crippen MR) is 169 cm³/mol. The maximum absolute atomic E-state index is 2.58. The highest BCUT2D eigenvalue weighted by Crippen LogP contribution is 2.46. The van der Waals surface area contributed by atoms with Gasteiger partial charge in [-0.15, -0.1) is 0 Å². The second-order valence-electron chi connectivity index (χ2n) is 13.9. The minimum atomic E-state index is 0.668. The van der Waals surface area contributed by atoms with Crippen LogP contribution in [0.3, 0.4) is 0 Å². The van der Waals surface area contributed by atoms with Gasteiger partial charge in [-0.1, -0.05) is 71.0 Å². The summed E-state index contributed by atoms with van der Waals surface area (Å²) in [6.07, 6.45) is 11.0. The molecule has 4 fully saturated rings. The normalized spacial score (nSPS) is 21.8. The van der Waals surface area contributed by atoms with Crippen molar-refractivity contribution in [1.29, 1.82) is 0 Å². The average Bonchev–Trinajstić information content (AvgIpc) is 3.87. The number of piperidine rings is 2. The third kappa shape index (κ3) is 7.36. The van der Waals surface area contributed by atoms with E-state index in [4.69, 9.17) is 0 Å². The van der Waals surface area contributed by atoms with E-state index >= 15 is 0 Å². The molecule has 0 spiro atoms. The Balaban J connectivity index is 0.000000158. The Labute approximate surface area is 240 Å². The van der Waals surface area contributed by atoms with Crippen LogP contribution in [0.15, 0.2) is 36.4 Å². The standard InChI is InChI=1S/C19H29N.C18H27N/c1-4-20-11-9-15(10-12-20)17-7-8-18(14(2)3)19(13-17)16-5-6-16;1-13(2)17-7-6-16(12-18(17)15-4-5-15)14-8-10-19(3)11-9-14/h7-8,13-16H,4-6,9-12H2,1-3H3;6-7,12-15H,4-5,8-11H2,1-3H3. The Kier molecular flexibility index (Phi) is 9.55. The van der Waals surface area contributed by atoms with E-state index < -0.39 is 0 Å². The van der Waals surface area contributed by atoms with Crippen molar-refractivity contribution >= 4 is 0 Å². The summed E-state index contributed by atoms with van der Waals surface area (Å²) in [4.78, 5) is 5.04. The lowest BCUT2D eigenvalue weighted by molar-refractivity contribution is 0.222. The Morgan fingerprint density at radius 2 is 1.00 bits per heavy atom. The van der Waals surface area contributed by atoms with Gasteiger partial charge < -0.3 is 9.80 Å². The molecular formula is C37H56N2. The highest BCUT2D eigenvalue weighted by molar-refractivity contribution is 5.41.